The van der Waals surface area contributed by atoms with Gasteiger partial charge in [0.15, 0.2) is 15.7 Å². The maximum absolute atomic E-state index is 12.6. The fourth-order valence-corrected chi connectivity index (χ4v) is 4.24. The summed E-state index contributed by atoms with van der Waals surface area (Å²) in [4.78, 5) is 16.2. The molecule has 0 saturated carbocycles. The second-order valence-corrected chi connectivity index (χ2v) is 8.51. The van der Waals surface area contributed by atoms with Crippen molar-refractivity contribution in [1.82, 2.24) is 10.0 Å². The molecule has 1 aromatic heterocycles. The topological polar surface area (TPSA) is 115 Å². The van der Waals surface area contributed by atoms with Crippen molar-refractivity contribution >= 4 is 15.7 Å². The highest BCUT2D eigenvalue weighted by Crippen LogP contribution is 2.30. The van der Waals surface area contributed by atoms with Crippen LogP contribution in [0.15, 0.2) is 65.3 Å². The molecule has 152 valence electrons. The van der Waals surface area contributed by atoms with Crippen LogP contribution in [0.5, 0.6) is 11.5 Å². The van der Waals surface area contributed by atoms with Gasteiger partial charge in [-0.1, -0.05) is 0 Å². The first-order valence-electron chi connectivity index (χ1n) is 8.78. The van der Waals surface area contributed by atoms with Gasteiger partial charge in [-0.3, -0.25) is 15.0 Å². The number of hydrogen-bond donors (Lipinski definition) is 1. The van der Waals surface area contributed by atoms with E-state index in [2.05, 4.69) is 4.98 Å². The molecule has 10 heteroatoms. The molecule has 0 radical (unpaired) electrons. The molecule has 29 heavy (non-hydrogen) atoms. The van der Waals surface area contributed by atoms with Crippen molar-refractivity contribution in [3.8, 4) is 11.5 Å². The summed E-state index contributed by atoms with van der Waals surface area (Å²) in [5.74, 6) is -0.655. The minimum absolute atomic E-state index is 0.0460. The standard InChI is InChI=1S/C19H18N2O7S/c22-19(13-9-17-18(10-13)27-12-26-17)21(23)11-29(24,25)16-3-1-14(2-4-16)28-15-5-7-20-8-6-15/h1-9,17-18,23H,10-12H2. The Morgan fingerprint density at radius 3 is 2.52 bits per heavy atom. The SMILES string of the molecule is O=C(C1=CC2OCOC2C1)N(O)CS(=O)(=O)c1ccc(Oc2ccncc2)cc1. The summed E-state index contributed by atoms with van der Waals surface area (Å²) in [5, 5.41) is 10.2. The van der Waals surface area contributed by atoms with Crippen LogP contribution in [0.2, 0.25) is 0 Å². The Balaban J connectivity index is 1.41. The smallest absolute Gasteiger partial charge is 0.274 e. The fraction of sp³-hybridized carbons (Fsp3) is 0.263. The van der Waals surface area contributed by atoms with E-state index in [1.807, 2.05) is 0 Å². The average molecular weight is 418 g/mol. The molecule has 1 N–H and O–H groups in total. The number of benzene rings is 1. The molecular weight excluding hydrogens is 400 g/mol. The lowest BCUT2D eigenvalue weighted by molar-refractivity contribution is -0.156. The number of nitrogens with zero attached hydrogens (tertiary/aromatic N) is 2. The Hall–Kier alpha value is -2.79. The van der Waals surface area contributed by atoms with E-state index in [1.165, 1.54) is 24.3 Å². The Morgan fingerprint density at radius 2 is 1.83 bits per heavy atom. The van der Waals surface area contributed by atoms with Crippen LogP contribution in [0.1, 0.15) is 6.42 Å². The van der Waals surface area contributed by atoms with E-state index >= 15 is 0 Å². The molecule has 1 aliphatic carbocycles. The third-order valence-electron chi connectivity index (χ3n) is 4.57. The predicted molar refractivity (Wildman–Crippen MR) is 98.8 cm³/mol. The van der Waals surface area contributed by atoms with Crippen LogP contribution in [0.4, 0.5) is 0 Å². The minimum Gasteiger partial charge on any atom is -0.457 e. The molecule has 4 rings (SSSR count). The van der Waals surface area contributed by atoms with E-state index in [1.54, 1.807) is 30.6 Å². The average Bonchev–Trinajstić information content (AvgIpc) is 3.30. The van der Waals surface area contributed by atoms with Crippen molar-refractivity contribution in [2.75, 3.05) is 12.7 Å². The van der Waals surface area contributed by atoms with Crippen molar-refractivity contribution < 1.29 is 32.6 Å². The molecule has 2 aromatic rings. The zero-order valence-electron chi connectivity index (χ0n) is 15.2. The summed E-state index contributed by atoms with van der Waals surface area (Å²) >= 11 is 0. The Morgan fingerprint density at radius 1 is 1.14 bits per heavy atom. The lowest BCUT2D eigenvalue weighted by atomic mass is 10.2. The van der Waals surface area contributed by atoms with Crippen molar-refractivity contribution in [2.45, 2.75) is 23.5 Å². The number of hydrogen-bond acceptors (Lipinski definition) is 8. The van der Waals surface area contributed by atoms with Gasteiger partial charge in [0, 0.05) is 24.4 Å². The molecule has 1 saturated heterocycles. The molecule has 1 aromatic carbocycles. The van der Waals surface area contributed by atoms with Crippen LogP contribution in [0.3, 0.4) is 0 Å². The zero-order chi connectivity index (χ0) is 20.4. The van der Waals surface area contributed by atoms with E-state index in [-0.39, 0.29) is 41.0 Å². The van der Waals surface area contributed by atoms with Gasteiger partial charge in [0.2, 0.25) is 0 Å². The first kappa shape index (κ1) is 19.5. The summed E-state index contributed by atoms with van der Waals surface area (Å²) in [7, 11) is -3.94. The van der Waals surface area contributed by atoms with Gasteiger partial charge in [-0.15, -0.1) is 0 Å². The van der Waals surface area contributed by atoms with Gasteiger partial charge in [0.1, 0.15) is 24.4 Å². The molecule has 0 spiro atoms. The summed E-state index contributed by atoms with van der Waals surface area (Å²) in [6, 6.07) is 9.03. The van der Waals surface area contributed by atoms with Crippen LogP contribution in [-0.4, -0.2) is 54.5 Å². The number of amides is 1. The highest BCUT2D eigenvalue weighted by Gasteiger charge is 2.37. The minimum atomic E-state index is -3.94. The highest BCUT2D eigenvalue weighted by atomic mass is 32.2. The number of carbonyl (C=O) groups excluding carboxylic acids is 1. The summed E-state index contributed by atoms with van der Waals surface area (Å²) in [6.07, 6.45) is 4.36. The first-order chi connectivity index (χ1) is 13.9. The third kappa shape index (κ3) is 4.30. The van der Waals surface area contributed by atoms with Crippen molar-refractivity contribution in [3.05, 3.63) is 60.4 Å². The second-order valence-electron chi connectivity index (χ2n) is 6.56. The van der Waals surface area contributed by atoms with Crippen molar-refractivity contribution in [1.29, 1.82) is 0 Å². The second kappa shape index (κ2) is 7.91. The van der Waals surface area contributed by atoms with Gasteiger partial charge in [-0.05, 0) is 42.5 Å². The van der Waals surface area contributed by atoms with E-state index in [0.29, 0.717) is 11.5 Å². The summed E-state index contributed by atoms with van der Waals surface area (Å²) < 4.78 is 41.3. The summed E-state index contributed by atoms with van der Waals surface area (Å²) in [5.41, 5.74) is 0.262. The number of ether oxygens (including phenoxy) is 3. The fourth-order valence-electron chi connectivity index (χ4n) is 3.10. The molecule has 1 aliphatic heterocycles. The van der Waals surface area contributed by atoms with Gasteiger partial charge in [0.05, 0.1) is 11.0 Å². The molecule has 0 bridgehead atoms. The Bertz CT molecular complexity index is 1020. The lowest BCUT2D eigenvalue weighted by Gasteiger charge is -2.16. The van der Waals surface area contributed by atoms with E-state index in [9.17, 15) is 18.4 Å². The lowest BCUT2D eigenvalue weighted by Crippen LogP contribution is -2.33. The molecular formula is C19H18N2O7S. The Kier molecular flexibility index (Phi) is 5.33. The first-order valence-corrected chi connectivity index (χ1v) is 10.4. The van der Waals surface area contributed by atoms with Crippen LogP contribution in [-0.2, 0) is 24.1 Å². The van der Waals surface area contributed by atoms with Crippen molar-refractivity contribution in [2.24, 2.45) is 0 Å². The largest absolute Gasteiger partial charge is 0.457 e. The molecule has 9 nitrogen and oxygen atoms in total. The molecule has 2 heterocycles. The van der Waals surface area contributed by atoms with Gasteiger partial charge >= 0.3 is 0 Å². The maximum atomic E-state index is 12.6. The van der Waals surface area contributed by atoms with Crippen LogP contribution >= 0.6 is 0 Å². The molecule has 2 aliphatic rings. The maximum Gasteiger partial charge on any atom is 0.274 e. The molecule has 1 amide bonds. The van der Waals surface area contributed by atoms with Crippen LogP contribution < -0.4 is 4.74 Å². The molecule has 2 atom stereocenters. The number of pyridine rings is 1. The number of fused-ring (bicyclic) bond motifs is 1. The van der Waals surface area contributed by atoms with E-state index < -0.39 is 21.6 Å². The number of hydroxylamine groups is 2. The predicted octanol–water partition coefficient (Wildman–Crippen LogP) is 1.89. The number of sulfone groups is 1. The Labute approximate surface area is 167 Å². The number of rotatable bonds is 6. The number of aromatic nitrogens is 1. The normalized spacial score (nSPS) is 20.8. The van der Waals surface area contributed by atoms with Crippen LogP contribution in [0.25, 0.3) is 0 Å². The zero-order valence-corrected chi connectivity index (χ0v) is 16.0. The third-order valence-corrected chi connectivity index (χ3v) is 6.14. The number of carbonyl (C=O) groups is 1. The monoisotopic (exact) mass is 418 g/mol. The quantitative estimate of drug-likeness (QED) is 0.559. The van der Waals surface area contributed by atoms with Gasteiger partial charge < -0.3 is 14.2 Å². The van der Waals surface area contributed by atoms with Gasteiger partial charge in [-0.25, -0.2) is 13.5 Å². The molecule has 2 unspecified atom stereocenters. The van der Waals surface area contributed by atoms with Gasteiger partial charge in [0.25, 0.3) is 5.91 Å². The van der Waals surface area contributed by atoms with Crippen LogP contribution in [0, 0.1) is 0 Å². The van der Waals surface area contributed by atoms with Crippen molar-refractivity contribution in [3.63, 3.8) is 0 Å². The van der Waals surface area contributed by atoms with E-state index in [4.69, 9.17) is 14.2 Å². The van der Waals surface area contributed by atoms with Gasteiger partial charge in [-0.2, -0.15) is 0 Å². The highest BCUT2D eigenvalue weighted by molar-refractivity contribution is 7.91. The molecule has 1 fully saturated rings. The summed E-state index contributed by atoms with van der Waals surface area (Å²) in [6.45, 7) is 0.158. The van der Waals surface area contributed by atoms with E-state index in [0.717, 1.165) is 0 Å².